The van der Waals surface area contributed by atoms with Crippen LogP contribution in [0.25, 0.3) is 0 Å². The van der Waals surface area contributed by atoms with Gasteiger partial charge >= 0.3 is 0 Å². The fraction of sp³-hybridized carbons (Fsp3) is 0.462. The van der Waals surface area contributed by atoms with E-state index in [0.29, 0.717) is 13.1 Å². The van der Waals surface area contributed by atoms with E-state index in [9.17, 15) is 4.79 Å². The molecule has 92 valence electrons. The molecule has 1 aromatic carbocycles. The second-order valence-electron chi connectivity index (χ2n) is 4.52. The SMILES string of the molecule is CC(CN)C(=O)N1CCc2cccc(Br)c2C1. The number of hydrogen-bond acceptors (Lipinski definition) is 2. The molecule has 3 nitrogen and oxygen atoms in total. The molecule has 0 aliphatic carbocycles. The number of carbonyl (C=O) groups excluding carboxylic acids is 1. The van der Waals surface area contributed by atoms with Crippen LogP contribution < -0.4 is 5.73 Å². The molecule has 1 aliphatic heterocycles. The number of nitrogens with two attached hydrogens (primary N) is 1. The number of hydrogen-bond donors (Lipinski definition) is 1. The Morgan fingerprint density at radius 3 is 3.06 bits per heavy atom. The third kappa shape index (κ3) is 2.53. The molecule has 1 atom stereocenters. The molecule has 0 spiro atoms. The second-order valence-corrected chi connectivity index (χ2v) is 5.38. The van der Waals surface area contributed by atoms with E-state index in [1.54, 1.807) is 0 Å². The molecule has 1 aliphatic rings. The lowest BCUT2D eigenvalue weighted by atomic mass is 9.98. The fourth-order valence-electron chi connectivity index (χ4n) is 2.14. The summed E-state index contributed by atoms with van der Waals surface area (Å²) in [6.07, 6.45) is 0.928. The van der Waals surface area contributed by atoms with Gasteiger partial charge in [-0.2, -0.15) is 0 Å². The number of halogens is 1. The number of amides is 1. The van der Waals surface area contributed by atoms with E-state index in [4.69, 9.17) is 5.73 Å². The molecule has 1 unspecified atom stereocenters. The van der Waals surface area contributed by atoms with Crippen molar-refractivity contribution in [1.29, 1.82) is 0 Å². The quantitative estimate of drug-likeness (QED) is 0.906. The van der Waals surface area contributed by atoms with E-state index in [0.717, 1.165) is 17.4 Å². The first-order valence-electron chi connectivity index (χ1n) is 5.88. The molecule has 0 saturated carbocycles. The van der Waals surface area contributed by atoms with E-state index in [-0.39, 0.29) is 11.8 Å². The molecular formula is C13H17BrN2O. The Morgan fingerprint density at radius 2 is 2.35 bits per heavy atom. The lowest BCUT2D eigenvalue weighted by Crippen LogP contribution is -2.41. The maximum atomic E-state index is 12.1. The third-order valence-electron chi connectivity index (χ3n) is 3.30. The van der Waals surface area contributed by atoms with Crippen LogP contribution in [0.2, 0.25) is 0 Å². The second kappa shape index (κ2) is 5.19. The summed E-state index contributed by atoms with van der Waals surface area (Å²) in [5.41, 5.74) is 8.12. The zero-order valence-corrected chi connectivity index (χ0v) is 11.5. The van der Waals surface area contributed by atoms with Gasteiger partial charge in [0, 0.05) is 30.0 Å². The van der Waals surface area contributed by atoms with Crippen LogP contribution in [0.3, 0.4) is 0 Å². The molecule has 0 saturated heterocycles. The van der Waals surface area contributed by atoms with Gasteiger partial charge in [-0.25, -0.2) is 0 Å². The van der Waals surface area contributed by atoms with Crippen molar-refractivity contribution in [2.45, 2.75) is 19.9 Å². The minimum absolute atomic E-state index is 0.0842. The molecule has 2 rings (SSSR count). The Bertz CT molecular complexity index is 433. The van der Waals surface area contributed by atoms with Crippen molar-refractivity contribution >= 4 is 21.8 Å². The fourth-order valence-corrected chi connectivity index (χ4v) is 2.67. The van der Waals surface area contributed by atoms with Gasteiger partial charge in [-0.1, -0.05) is 35.0 Å². The average molecular weight is 297 g/mol. The standard InChI is InChI=1S/C13H17BrN2O/c1-9(7-15)13(17)16-6-5-10-3-2-4-12(14)11(10)8-16/h2-4,9H,5-8,15H2,1H3. The van der Waals surface area contributed by atoms with E-state index in [2.05, 4.69) is 22.0 Å². The number of nitrogens with zero attached hydrogens (tertiary/aromatic N) is 1. The zero-order valence-electron chi connectivity index (χ0n) is 9.95. The lowest BCUT2D eigenvalue weighted by molar-refractivity contribution is -0.135. The van der Waals surface area contributed by atoms with Gasteiger partial charge < -0.3 is 10.6 Å². The summed E-state index contributed by atoms with van der Waals surface area (Å²) in [6.45, 7) is 3.79. The summed E-state index contributed by atoms with van der Waals surface area (Å²) in [5.74, 6) is 0.0768. The molecule has 0 bridgehead atoms. The van der Waals surface area contributed by atoms with E-state index in [1.807, 2.05) is 24.0 Å². The van der Waals surface area contributed by atoms with Crippen molar-refractivity contribution in [3.63, 3.8) is 0 Å². The largest absolute Gasteiger partial charge is 0.338 e. The van der Waals surface area contributed by atoms with Gasteiger partial charge in [-0.05, 0) is 23.6 Å². The molecular weight excluding hydrogens is 280 g/mol. The van der Waals surface area contributed by atoms with E-state index in [1.165, 1.54) is 11.1 Å². The predicted octanol–water partition coefficient (Wildman–Crippen LogP) is 1.93. The normalized spacial score (nSPS) is 16.5. The highest BCUT2D eigenvalue weighted by Crippen LogP contribution is 2.27. The van der Waals surface area contributed by atoms with Gasteiger partial charge in [0.05, 0.1) is 0 Å². The molecule has 4 heteroatoms. The summed E-state index contributed by atoms with van der Waals surface area (Å²) in [4.78, 5) is 14.0. The minimum Gasteiger partial charge on any atom is -0.338 e. The van der Waals surface area contributed by atoms with Crippen molar-refractivity contribution in [2.75, 3.05) is 13.1 Å². The molecule has 2 N–H and O–H groups in total. The summed E-state index contributed by atoms with van der Waals surface area (Å²) < 4.78 is 1.09. The van der Waals surface area contributed by atoms with Crippen LogP contribution >= 0.6 is 15.9 Å². The van der Waals surface area contributed by atoms with Crippen molar-refractivity contribution in [3.8, 4) is 0 Å². The Morgan fingerprint density at radius 1 is 1.59 bits per heavy atom. The van der Waals surface area contributed by atoms with Gasteiger partial charge in [0.1, 0.15) is 0 Å². The Balaban J connectivity index is 2.18. The highest BCUT2D eigenvalue weighted by molar-refractivity contribution is 9.10. The number of carbonyl (C=O) groups is 1. The summed E-state index contributed by atoms with van der Waals surface area (Å²) >= 11 is 3.55. The van der Waals surface area contributed by atoms with Gasteiger partial charge in [-0.15, -0.1) is 0 Å². The van der Waals surface area contributed by atoms with Gasteiger partial charge in [0.25, 0.3) is 0 Å². The minimum atomic E-state index is -0.0842. The Hall–Kier alpha value is -0.870. The van der Waals surface area contributed by atoms with Crippen LogP contribution in [-0.4, -0.2) is 23.9 Å². The van der Waals surface area contributed by atoms with E-state index >= 15 is 0 Å². The highest BCUT2D eigenvalue weighted by Gasteiger charge is 2.24. The third-order valence-corrected chi connectivity index (χ3v) is 4.05. The Labute approximate surface area is 110 Å². The van der Waals surface area contributed by atoms with Crippen LogP contribution in [0.15, 0.2) is 22.7 Å². The molecule has 1 heterocycles. The summed E-state index contributed by atoms with van der Waals surface area (Å²) in [5, 5.41) is 0. The zero-order chi connectivity index (χ0) is 12.4. The molecule has 0 fully saturated rings. The first-order valence-corrected chi connectivity index (χ1v) is 6.68. The average Bonchev–Trinajstić information content (AvgIpc) is 2.37. The monoisotopic (exact) mass is 296 g/mol. The lowest BCUT2D eigenvalue weighted by Gasteiger charge is -2.31. The van der Waals surface area contributed by atoms with Crippen LogP contribution in [0, 0.1) is 5.92 Å². The van der Waals surface area contributed by atoms with Crippen molar-refractivity contribution in [3.05, 3.63) is 33.8 Å². The van der Waals surface area contributed by atoms with Gasteiger partial charge in [0.15, 0.2) is 0 Å². The van der Waals surface area contributed by atoms with Crippen molar-refractivity contribution < 1.29 is 4.79 Å². The number of fused-ring (bicyclic) bond motifs is 1. The number of benzene rings is 1. The predicted molar refractivity (Wildman–Crippen MR) is 71.5 cm³/mol. The first kappa shape index (κ1) is 12.6. The first-order chi connectivity index (χ1) is 8.13. The van der Waals surface area contributed by atoms with Gasteiger partial charge in [-0.3, -0.25) is 4.79 Å². The van der Waals surface area contributed by atoms with Crippen molar-refractivity contribution in [1.82, 2.24) is 4.90 Å². The van der Waals surface area contributed by atoms with Crippen LogP contribution in [0.1, 0.15) is 18.1 Å². The highest BCUT2D eigenvalue weighted by atomic mass is 79.9. The molecule has 0 radical (unpaired) electrons. The molecule has 0 aromatic heterocycles. The van der Waals surface area contributed by atoms with Gasteiger partial charge in [0.2, 0.25) is 5.91 Å². The molecule has 1 aromatic rings. The smallest absolute Gasteiger partial charge is 0.226 e. The summed E-state index contributed by atoms with van der Waals surface area (Å²) in [6, 6.07) is 6.20. The van der Waals surface area contributed by atoms with Crippen LogP contribution in [0.4, 0.5) is 0 Å². The molecule has 1 amide bonds. The maximum Gasteiger partial charge on any atom is 0.226 e. The topological polar surface area (TPSA) is 46.3 Å². The maximum absolute atomic E-state index is 12.1. The number of rotatable bonds is 2. The van der Waals surface area contributed by atoms with Crippen LogP contribution in [0.5, 0.6) is 0 Å². The Kier molecular flexibility index (Phi) is 3.84. The summed E-state index contributed by atoms with van der Waals surface area (Å²) in [7, 11) is 0. The van der Waals surface area contributed by atoms with Crippen LogP contribution in [-0.2, 0) is 17.8 Å². The van der Waals surface area contributed by atoms with Crippen molar-refractivity contribution in [2.24, 2.45) is 11.7 Å². The van der Waals surface area contributed by atoms with E-state index < -0.39 is 0 Å². The molecule has 17 heavy (non-hydrogen) atoms.